The topological polar surface area (TPSA) is 80.4 Å². The van der Waals surface area contributed by atoms with Crippen LogP contribution >= 0.6 is 15.9 Å². The van der Waals surface area contributed by atoms with Gasteiger partial charge in [0, 0.05) is 10.4 Å². The van der Waals surface area contributed by atoms with Crippen LogP contribution < -0.4 is 5.14 Å². The highest BCUT2D eigenvalue weighted by Gasteiger charge is 2.48. The van der Waals surface area contributed by atoms with Crippen LogP contribution in [0.2, 0.25) is 0 Å². The Hall–Kier alpha value is -0.950. The first kappa shape index (κ1) is 16.4. The summed E-state index contributed by atoms with van der Waals surface area (Å²) in [7, 11) is -3.92. The van der Waals surface area contributed by atoms with Crippen LogP contribution in [-0.4, -0.2) is 24.4 Å². The van der Waals surface area contributed by atoms with Gasteiger partial charge in [0.25, 0.3) is 0 Å². The second kappa shape index (κ2) is 6.04. The lowest BCUT2D eigenvalue weighted by Crippen LogP contribution is -2.53. The molecule has 0 radical (unpaired) electrons. The molecule has 4 nitrogen and oxygen atoms in total. The Morgan fingerprint density at radius 3 is 2.52 bits per heavy atom. The fourth-order valence-electron chi connectivity index (χ4n) is 2.72. The lowest BCUT2D eigenvalue weighted by Gasteiger charge is -2.38. The van der Waals surface area contributed by atoms with E-state index in [1.807, 2.05) is 30.3 Å². The van der Waals surface area contributed by atoms with Crippen LogP contribution in [0.15, 0.2) is 53.0 Å². The number of allylic oxidation sites excluding steroid dienone is 2. The van der Waals surface area contributed by atoms with Crippen molar-refractivity contribution in [2.75, 3.05) is 0 Å². The molecule has 0 fully saturated rings. The maximum atomic E-state index is 12.3. The Morgan fingerprint density at radius 1 is 1.38 bits per heavy atom. The molecule has 0 aliphatic heterocycles. The molecule has 0 aromatic heterocycles. The number of aliphatic hydroxyl groups excluding tert-OH is 1. The van der Waals surface area contributed by atoms with E-state index in [4.69, 9.17) is 5.14 Å². The molecule has 6 heteroatoms. The average Bonchev–Trinajstić information content (AvgIpc) is 2.40. The van der Waals surface area contributed by atoms with Crippen LogP contribution in [0.3, 0.4) is 0 Å². The zero-order valence-corrected chi connectivity index (χ0v) is 14.0. The van der Waals surface area contributed by atoms with Gasteiger partial charge in [-0.2, -0.15) is 0 Å². The van der Waals surface area contributed by atoms with Crippen LogP contribution in [0.4, 0.5) is 0 Å². The molecule has 1 aliphatic carbocycles. The number of aliphatic hydroxyl groups is 1. The van der Waals surface area contributed by atoms with E-state index >= 15 is 0 Å². The van der Waals surface area contributed by atoms with Gasteiger partial charge in [-0.3, -0.25) is 0 Å². The first-order valence-electron chi connectivity index (χ1n) is 6.57. The Morgan fingerprint density at radius 2 is 2.00 bits per heavy atom. The first-order chi connectivity index (χ1) is 9.76. The quantitative estimate of drug-likeness (QED) is 0.850. The van der Waals surface area contributed by atoms with Gasteiger partial charge >= 0.3 is 0 Å². The monoisotopic (exact) mass is 371 g/mol. The minimum Gasteiger partial charge on any atom is -0.393 e. The number of primary sulfonamides is 1. The number of hydrogen-bond donors (Lipinski definition) is 2. The maximum Gasteiger partial charge on any atom is 0.219 e. The van der Waals surface area contributed by atoms with E-state index in [0.717, 1.165) is 10.0 Å². The third-order valence-corrected chi connectivity index (χ3v) is 5.94. The van der Waals surface area contributed by atoms with Crippen LogP contribution in [0.5, 0.6) is 0 Å². The van der Waals surface area contributed by atoms with Crippen molar-refractivity contribution in [2.24, 2.45) is 11.1 Å². The van der Waals surface area contributed by atoms with Gasteiger partial charge in [-0.15, -0.1) is 0 Å². The minimum atomic E-state index is -3.92. The Kier molecular flexibility index (Phi) is 4.72. The van der Waals surface area contributed by atoms with Crippen LogP contribution in [0.1, 0.15) is 12.5 Å². The van der Waals surface area contributed by atoms with Crippen molar-refractivity contribution in [1.29, 1.82) is 0 Å². The molecule has 3 unspecified atom stereocenters. The molecule has 0 spiro atoms. The molecular weight excluding hydrogens is 354 g/mol. The van der Waals surface area contributed by atoms with E-state index in [1.165, 1.54) is 0 Å². The van der Waals surface area contributed by atoms with Crippen molar-refractivity contribution >= 4 is 26.0 Å². The number of rotatable bonds is 4. The molecule has 2 rings (SSSR count). The van der Waals surface area contributed by atoms with Crippen molar-refractivity contribution in [2.45, 2.75) is 24.2 Å². The van der Waals surface area contributed by atoms with E-state index in [2.05, 4.69) is 15.9 Å². The van der Waals surface area contributed by atoms with E-state index < -0.39 is 26.8 Å². The fraction of sp³-hybridized carbons (Fsp3) is 0.333. The Balaban J connectivity index is 2.55. The molecule has 0 bridgehead atoms. The van der Waals surface area contributed by atoms with Gasteiger partial charge < -0.3 is 5.11 Å². The van der Waals surface area contributed by atoms with Gasteiger partial charge in [-0.1, -0.05) is 64.5 Å². The summed E-state index contributed by atoms with van der Waals surface area (Å²) in [5.41, 5.74) is 0.855. The average molecular weight is 372 g/mol. The highest BCUT2D eigenvalue weighted by molar-refractivity contribution is 9.11. The van der Waals surface area contributed by atoms with Gasteiger partial charge in [0.05, 0.1) is 6.10 Å². The highest BCUT2D eigenvalue weighted by atomic mass is 79.9. The summed E-state index contributed by atoms with van der Waals surface area (Å²) in [4.78, 5) is 0. The van der Waals surface area contributed by atoms with Gasteiger partial charge in [-0.05, 0) is 18.9 Å². The lowest BCUT2D eigenvalue weighted by atomic mass is 9.80. The molecule has 0 saturated carbocycles. The molecule has 1 aliphatic rings. The summed E-state index contributed by atoms with van der Waals surface area (Å²) in [5.74, 6) is -0.618. The van der Waals surface area contributed by atoms with Crippen molar-refractivity contribution < 1.29 is 13.5 Å². The molecule has 0 saturated heterocycles. The van der Waals surface area contributed by atoms with Crippen molar-refractivity contribution in [3.63, 3.8) is 0 Å². The number of sulfonamides is 1. The van der Waals surface area contributed by atoms with Crippen molar-refractivity contribution in [3.8, 4) is 0 Å². The highest BCUT2D eigenvalue weighted by Crippen LogP contribution is 2.39. The van der Waals surface area contributed by atoms with E-state index in [9.17, 15) is 13.5 Å². The van der Waals surface area contributed by atoms with E-state index in [-0.39, 0.29) is 6.42 Å². The maximum absolute atomic E-state index is 12.3. The standard InChI is InChI=1S/C15H18BrNO3S/c1-11(18)14-9-13(16)7-8-15(14,21(17,19)20)10-12-5-3-2-4-6-12/h2-9,11,14,18H,10H2,1H3,(H2,17,19,20). The zero-order valence-electron chi connectivity index (χ0n) is 11.6. The normalized spacial score (nSPS) is 27.2. The molecule has 1 aromatic carbocycles. The molecule has 3 N–H and O–H groups in total. The minimum absolute atomic E-state index is 0.218. The SMILES string of the molecule is CC(O)C1C=C(Br)C=CC1(Cc1ccccc1)S(N)(=O)=O. The van der Waals surface area contributed by atoms with E-state index in [0.29, 0.717) is 0 Å². The van der Waals surface area contributed by atoms with Crippen LogP contribution in [-0.2, 0) is 16.4 Å². The molecule has 1 aromatic rings. The molecule has 21 heavy (non-hydrogen) atoms. The number of halogens is 1. The molecule has 114 valence electrons. The van der Waals surface area contributed by atoms with E-state index in [1.54, 1.807) is 25.2 Å². The summed E-state index contributed by atoms with van der Waals surface area (Å²) < 4.78 is 24.0. The summed E-state index contributed by atoms with van der Waals surface area (Å²) >= 11 is 3.33. The summed E-state index contributed by atoms with van der Waals surface area (Å²) in [6.07, 6.45) is 4.33. The number of benzene rings is 1. The second-order valence-electron chi connectivity index (χ2n) is 5.31. The van der Waals surface area contributed by atoms with Gasteiger partial charge in [-0.25, -0.2) is 13.6 Å². The van der Waals surface area contributed by atoms with Gasteiger partial charge in [0.2, 0.25) is 10.0 Å². The predicted octanol–water partition coefficient (Wildman–Crippen LogP) is 2.10. The summed E-state index contributed by atoms with van der Waals surface area (Å²) in [6.45, 7) is 1.57. The smallest absolute Gasteiger partial charge is 0.219 e. The van der Waals surface area contributed by atoms with Gasteiger partial charge in [0.15, 0.2) is 0 Å². The third-order valence-electron chi connectivity index (χ3n) is 3.80. The number of nitrogens with two attached hydrogens (primary N) is 1. The van der Waals surface area contributed by atoms with Crippen molar-refractivity contribution in [3.05, 3.63) is 58.6 Å². The summed E-state index contributed by atoms with van der Waals surface area (Å²) in [6, 6.07) is 9.27. The predicted molar refractivity (Wildman–Crippen MR) is 87.3 cm³/mol. The lowest BCUT2D eigenvalue weighted by molar-refractivity contribution is 0.132. The first-order valence-corrected chi connectivity index (χ1v) is 8.91. The van der Waals surface area contributed by atoms with Crippen molar-refractivity contribution in [1.82, 2.24) is 0 Å². The Bertz CT molecular complexity index is 667. The van der Waals surface area contributed by atoms with Gasteiger partial charge in [0.1, 0.15) is 4.75 Å². The van der Waals surface area contributed by atoms with Crippen LogP contribution in [0, 0.1) is 5.92 Å². The fourth-order valence-corrected chi connectivity index (χ4v) is 4.41. The summed E-state index contributed by atoms with van der Waals surface area (Å²) in [5, 5.41) is 15.6. The zero-order chi connectivity index (χ0) is 15.7. The Labute approximate surface area is 133 Å². The second-order valence-corrected chi connectivity index (χ2v) is 8.08. The molecule has 0 amide bonds. The number of hydrogen-bond acceptors (Lipinski definition) is 3. The molecule has 3 atom stereocenters. The third kappa shape index (κ3) is 3.29. The molecule has 0 heterocycles. The molecular formula is C15H18BrNO3S. The largest absolute Gasteiger partial charge is 0.393 e. The van der Waals surface area contributed by atoms with Crippen LogP contribution in [0.25, 0.3) is 0 Å².